The van der Waals surface area contributed by atoms with Crippen molar-refractivity contribution in [3.8, 4) is 0 Å². The molecule has 0 unspecified atom stereocenters. The summed E-state index contributed by atoms with van der Waals surface area (Å²) in [4.78, 5) is 0. The summed E-state index contributed by atoms with van der Waals surface area (Å²) in [5, 5.41) is 10.5. The summed E-state index contributed by atoms with van der Waals surface area (Å²) in [5.74, 6) is 0.220. The molecular formula is C26H36O3. The molecule has 1 fully saturated rings. The Balaban J connectivity index is 1.31. The summed E-state index contributed by atoms with van der Waals surface area (Å²) >= 11 is 0. The van der Waals surface area contributed by atoms with E-state index in [1.54, 1.807) is 0 Å². The molecule has 1 heterocycles. The normalized spacial score (nSPS) is 24.5. The molecule has 1 aliphatic rings. The van der Waals surface area contributed by atoms with Gasteiger partial charge in [0.05, 0.1) is 24.9 Å². The lowest BCUT2D eigenvalue weighted by atomic mass is 9.86. The van der Waals surface area contributed by atoms with Gasteiger partial charge in [-0.3, -0.25) is 0 Å². The van der Waals surface area contributed by atoms with Crippen molar-refractivity contribution in [1.82, 2.24) is 0 Å². The maximum Gasteiger partial charge on any atom is 0.0716 e. The molecule has 3 rings (SSSR count). The van der Waals surface area contributed by atoms with E-state index in [0.29, 0.717) is 6.61 Å². The van der Waals surface area contributed by atoms with E-state index in [-0.39, 0.29) is 24.2 Å². The van der Waals surface area contributed by atoms with Crippen LogP contribution in [0.5, 0.6) is 0 Å². The molecule has 2 aromatic rings. The number of ether oxygens (including phenoxy) is 2. The number of aryl methyl sites for hydroxylation is 1. The van der Waals surface area contributed by atoms with E-state index in [9.17, 15) is 5.11 Å². The van der Waals surface area contributed by atoms with Gasteiger partial charge in [-0.2, -0.15) is 0 Å². The zero-order valence-corrected chi connectivity index (χ0v) is 17.7. The molecule has 1 aliphatic heterocycles. The maximum atomic E-state index is 10.5. The molecule has 0 aromatic heterocycles. The number of benzene rings is 2. The molecule has 0 spiro atoms. The number of rotatable bonds is 11. The molecule has 3 heteroatoms. The zero-order chi connectivity index (χ0) is 20.3. The van der Waals surface area contributed by atoms with E-state index in [1.807, 2.05) is 18.2 Å². The first-order valence-electron chi connectivity index (χ1n) is 11.2. The summed E-state index contributed by atoms with van der Waals surface area (Å²) in [6, 6.07) is 20.9. The van der Waals surface area contributed by atoms with Crippen molar-refractivity contribution in [1.29, 1.82) is 0 Å². The highest BCUT2D eigenvalue weighted by atomic mass is 16.5. The summed E-state index contributed by atoms with van der Waals surface area (Å²) < 4.78 is 12.2. The van der Waals surface area contributed by atoms with Crippen LogP contribution < -0.4 is 0 Å². The third-order valence-electron chi connectivity index (χ3n) is 6.05. The Morgan fingerprint density at radius 1 is 0.897 bits per heavy atom. The molecule has 158 valence electrons. The number of aliphatic hydroxyl groups excluding tert-OH is 1. The topological polar surface area (TPSA) is 38.7 Å². The van der Waals surface area contributed by atoms with Crippen molar-refractivity contribution in [2.45, 2.75) is 76.8 Å². The van der Waals surface area contributed by atoms with Crippen LogP contribution in [0.3, 0.4) is 0 Å². The van der Waals surface area contributed by atoms with Crippen molar-refractivity contribution >= 4 is 0 Å². The quantitative estimate of drug-likeness (QED) is 0.506. The molecule has 1 saturated heterocycles. The Kier molecular flexibility index (Phi) is 9.20. The highest BCUT2D eigenvalue weighted by Gasteiger charge is 2.34. The Bertz CT molecular complexity index is 673. The first-order valence-corrected chi connectivity index (χ1v) is 11.2. The monoisotopic (exact) mass is 396 g/mol. The molecule has 0 aliphatic carbocycles. The van der Waals surface area contributed by atoms with Crippen LogP contribution in [0.15, 0.2) is 60.7 Å². The average Bonchev–Trinajstić information content (AvgIpc) is 2.76. The number of aliphatic hydroxyl groups is 1. The second-order valence-corrected chi connectivity index (χ2v) is 8.37. The second kappa shape index (κ2) is 12.1. The van der Waals surface area contributed by atoms with Crippen molar-refractivity contribution in [2.75, 3.05) is 6.61 Å². The van der Waals surface area contributed by atoms with Gasteiger partial charge < -0.3 is 14.6 Å². The fourth-order valence-electron chi connectivity index (χ4n) is 4.14. The van der Waals surface area contributed by atoms with Crippen LogP contribution in [-0.4, -0.2) is 30.0 Å². The van der Waals surface area contributed by atoms with Gasteiger partial charge in [0.25, 0.3) is 0 Å². The molecule has 0 radical (unpaired) electrons. The Labute approximate surface area is 176 Å². The van der Waals surface area contributed by atoms with Gasteiger partial charge in [-0.25, -0.2) is 0 Å². The van der Waals surface area contributed by atoms with Gasteiger partial charge in [0.2, 0.25) is 0 Å². The van der Waals surface area contributed by atoms with Crippen molar-refractivity contribution in [2.24, 2.45) is 5.92 Å². The molecule has 1 N–H and O–H groups in total. The van der Waals surface area contributed by atoms with Crippen molar-refractivity contribution in [3.63, 3.8) is 0 Å². The van der Waals surface area contributed by atoms with E-state index in [4.69, 9.17) is 9.47 Å². The third kappa shape index (κ3) is 7.58. The molecule has 3 nitrogen and oxygen atoms in total. The molecule has 2 aromatic carbocycles. The van der Waals surface area contributed by atoms with Crippen LogP contribution in [0, 0.1) is 5.92 Å². The lowest BCUT2D eigenvalue weighted by Crippen LogP contribution is -2.43. The van der Waals surface area contributed by atoms with Crippen LogP contribution in [-0.2, 0) is 22.5 Å². The molecule has 0 bridgehead atoms. The first-order chi connectivity index (χ1) is 14.2. The van der Waals surface area contributed by atoms with Gasteiger partial charge in [-0.05, 0) is 43.2 Å². The van der Waals surface area contributed by atoms with Crippen LogP contribution in [0.25, 0.3) is 0 Å². The summed E-state index contributed by atoms with van der Waals surface area (Å²) in [7, 11) is 0. The lowest BCUT2D eigenvalue weighted by molar-refractivity contribution is -0.135. The minimum absolute atomic E-state index is 0.167. The highest BCUT2D eigenvalue weighted by Crippen LogP contribution is 2.30. The van der Waals surface area contributed by atoms with Crippen molar-refractivity contribution in [3.05, 3.63) is 71.8 Å². The smallest absolute Gasteiger partial charge is 0.0716 e. The Morgan fingerprint density at radius 3 is 2.31 bits per heavy atom. The van der Waals surface area contributed by atoms with E-state index in [1.165, 1.54) is 11.1 Å². The summed E-state index contributed by atoms with van der Waals surface area (Å²) in [6.07, 6.45) is 7.22. The van der Waals surface area contributed by atoms with Gasteiger partial charge in [-0.1, -0.05) is 80.4 Å². The van der Waals surface area contributed by atoms with E-state index < -0.39 is 0 Å². The second-order valence-electron chi connectivity index (χ2n) is 8.37. The summed E-state index contributed by atoms with van der Waals surface area (Å²) in [5.41, 5.74) is 2.57. The van der Waals surface area contributed by atoms with Gasteiger partial charge in [0.15, 0.2) is 0 Å². The average molecular weight is 397 g/mol. The Morgan fingerprint density at radius 2 is 1.59 bits per heavy atom. The first kappa shape index (κ1) is 22.0. The predicted octanol–water partition coefficient (Wildman–Crippen LogP) is 5.55. The van der Waals surface area contributed by atoms with Crippen LogP contribution >= 0.6 is 0 Å². The summed E-state index contributed by atoms with van der Waals surface area (Å²) in [6.45, 7) is 3.63. The minimum atomic E-state index is -0.247. The van der Waals surface area contributed by atoms with E-state index >= 15 is 0 Å². The van der Waals surface area contributed by atoms with Crippen molar-refractivity contribution < 1.29 is 14.6 Å². The van der Waals surface area contributed by atoms with Gasteiger partial charge in [-0.15, -0.1) is 0 Å². The van der Waals surface area contributed by atoms with Gasteiger partial charge in [0.1, 0.15) is 0 Å². The lowest BCUT2D eigenvalue weighted by Gasteiger charge is -2.38. The maximum absolute atomic E-state index is 10.5. The molecule has 29 heavy (non-hydrogen) atoms. The fourth-order valence-corrected chi connectivity index (χ4v) is 4.14. The minimum Gasteiger partial charge on any atom is -0.393 e. The zero-order valence-electron chi connectivity index (χ0n) is 17.7. The number of hydrogen-bond acceptors (Lipinski definition) is 3. The van der Waals surface area contributed by atoms with Crippen LogP contribution in [0.4, 0.5) is 0 Å². The number of hydrogen-bond donors (Lipinski definition) is 1. The molecular weight excluding hydrogens is 360 g/mol. The molecule has 0 saturated carbocycles. The van der Waals surface area contributed by atoms with Gasteiger partial charge in [0, 0.05) is 12.5 Å². The predicted molar refractivity (Wildman–Crippen MR) is 118 cm³/mol. The van der Waals surface area contributed by atoms with Crippen LogP contribution in [0.2, 0.25) is 0 Å². The molecule has 0 amide bonds. The van der Waals surface area contributed by atoms with Crippen LogP contribution in [0.1, 0.15) is 56.6 Å². The fraction of sp³-hybridized carbons (Fsp3) is 0.538. The third-order valence-corrected chi connectivity index (χ3v) is 6.05. The largest absolute Gasteiger partial charge is 0.393 e. The molecule has 4 atom stereocenters. The highest BCUT2D eigenvalue weighted by molar-refractivity contribution is 5.15. The van der Waals surface area contributed by atoms with E-state index in [0.717, 1.165) is 51.6 Å². The van der Waals surface area contributed by atoms with Gasteiger partial charge >= 0.3 is 0 Å². The SMILES string of the molecule is C[C@H]1[C@H](CCCCCOCc2ccccc2)O[C@H](CCc2ccccc2)C[C@@H]1O. The standard InChI is InChI=1S/C26H36O3/c1-21-25(27)19-24(17-16-22-11-5-2-6-12-22)29-26(21)15-9-4-10-18-28-20-23-13-7-3-8-14-23/h2-3,5-8,11-14,21,24-27H,4,9-10,15-20H2,1H3/t21-,24-,25+,26+/m1/s1. The van der Waals surface area contributed by atoms with E-state index in [2.05, 4.69) is 49.4 Å². The Hall–Kier alpha value is -1.68. The number of unbranched alkanes of at least 4 members (excludes halogenated alkanes) is 2.